The number of aromatic carboxylic acids is 1. The molecule has 1 aromatic heterocycles. The average molecular weight is 532 g/mol. The van der Waals surface area contributed by atoms with Gasteiger partial charge in [0.25, 0.3) is 5.91 Å². The first-order chi connectivity index (χ1) is 19.0. The molecule has 1 fully saturated rings. The number of aryl methyl sites for hydroxylation is 1. The predicted molar refractivity (Wildman–Crippen MR) is 153 cm³/mol. The average Bonchev–Trinajstić information content (AvgIpc) is 3.26. The number of benzene rings is 2. The van der Waals surface area contributed by atoms with E-state index in [0.717, 1.165) is 54.3 Å². The van der Waals surface area contributed by atoms with Gasteiger partial charge in [0.05, 0.1) is 12.1 Å². The number of carboxylic acids is 1. The van der Waals surface area contributed by atoms with Crippen molar-refractivity contribution in [3.05, 3.63) is 76.0 Å². The lowest BCUT2D eigenvalue weighted by molar-refractivity contribution is 0.0697. The standard InChI is InChI=1S/C32H41N3O4/c1-2-3-4-5-6-10-17-29-33-35(30(36)22-24-13-8-7-9-14-24)32(39)34(29)23-25-18-20-26(21-19-25)27-15-11-12-16-28(27)31(37)38/h11-12,15-16,18-21,24H,2-10,13-14,17,22-23H2,1H3,(H,37,38). The highest BCUT2D eigenvalue weighted by Gasteiger charge is 2.23. The molecule has 1 aliphatic rings. The third kappa shape index (κ3) is 7.55. The number of nitrogens with zero attached hydrogens (tertiary/aromatic N) is 3. The van der Waals surface area contributed by atoms with Gasteiger partial charge in [0.1, 0.15) is 5.82 Å². The van der Waals surface area contributed by atoms with Crippen molar-refractivity contribution in [3.8, 4) is 11.1 Å². The van der Waals surface area contributed by atoms with E-state index in [4.69, 9.17) is 0 Å². The largest absolute Gasteiger partial charge is 0.478 e. The van der Waals surface area contributed by atoms with E-state index in [1.165, 1.54) is 32.1 Å². The summed E-state index contributed by atoms with van der Waals surface area (Å²) in [5, 5.41) is 14.1. The Morgan fingerprint density at radius 1 is 0.923 bits per heavy atom. The van der Waals surface area contributed by atoms with Crippen LogP contribution in [-0.4, -0.2) is 31.3 Å². The van der Waals surface area contributed by atoms with Crippen molar-refractivity contribution in [2.24, 2.45) is 5.92 Å². The number of carbonyl (C=O) groups is 2. The second kappa shape index (κ2) is 14.1. The van der Waals surface area contributed by atoms with Crippen LogP contribution in [0.5, 0.6) is 0 Å². The minimum Gasteiger partial charge on any atom is -0.478 e. The summed E-state index contributed by atoms with van der Waals surface area (Å²) >= 11 is 0. The van der Waals surface area contributed by atoms with Crippen molar-refractivity contribution in [1.82, 2.24) is 14.3 Å². The summed E-state index contributed by atoms with van der Waals surface area (Å²) in [4.78, 5) is 38.2. The minimum atomic E-state index is -0.967. The number of carbonyl (C=O) groups excluding carboxylic acids is 1. The van der Waals surface area contributed by atoms with E-state index in [1.807, 2.05) is 30.3 Å². The summed E-state index contributed by atoms with van der Waals surface area (Å²) in [6, 6.07) is 14.5. The van der Waals surface area contributed by atoms with Crippen LogP contribution in [0.2, 0.25) is 0 Å². The van der Waals surface area contributed by atoms with Crippen LogP contribution in [0.3, 0.4) is 0 Å². The molecule has 0 spiro atoms. The Morgan fingerprint density at radius 2 is 1.62 bits per heavy atom. The zero-order chi connectivity index (χ0) is 27.6. The highest BCUT2D eigenvalue weighted by molar-refractivity contribution is 5.96. The smallest absolute Gasteiger partial charge is 0.353 e. The number of unbranched alkanes of at least 4 members (excludes halogenated alkanes) is 5. The Morgan fingerprint density at radius 3 is 2.33 bits per heavy atom. The molecule has 0 bridgehead atoms. The monoisotopic (exact) mass is 531 g/mol. The molecule has 0 unspecified atom stereocenters. The van der Waals surface area contributed by atoms with Gasteiger partial charge in [-0.25, -0.2) is 9.59 Å². The fraction of sp³-hybridized carbons (Fsp3) is 0.500. The number of rotatable bonds is 13. The zero-order valence-electron chi connectivity index (χ0n) is 23.1. The summed E-state index contributed by atoms with van der Waals surface area (Å²) in [6.45, 7) is 2.52. The van der Waals surface area contributed by atoms with Crippen LogP contribution in [0.4, 0.5) is 0 Å². The highest BCUT2D eigenvalue weighted by atomic mass is 16.4. The molecule has 0 saturated heterocycles. The van der Waals surface area contributed by atoms with Gasteiger partial charge in [0.2, 0.25) is 0 Å². The van der Waals surface area contributed by atoms with Gasteiger partial charge in [-0.1, -0.05) is 101 Å². The molecule has 0 atom stereocenters. The third-order valence-corrected chi connectivity index (χ3v) is 7.88. The molecule has 1 heterocycles. The van der Waals surface area contributed by atoms with Gasteiger partial charge in [-0.3, -0.25) is 9.36 Å². The van der Waals surface area contributed by atoms with Gasteiger partial charge in [-0.15, -0.1) is 9.78 Å². The molecular weight excluding hydrogens is 490 g/mol. The Balaban J connectivity index is 1.53. The molecule has 0 aliphatic heterocycles. The van der Waals surface area contributed by atoms with E-state index in [-0.39, 0.29) is 17.2 Å². The van der Waals surface area contributed by atoms with Crippen molar-refractivity contribution < 1.29 is 14.7 Å². The topological polar surface area (TPSA) is 94.2 Å². The van der Waals surface area contributed by atoms with Crippen LogP contribution < -0.4 is 5.69 Å². The molecule has 3 aromatic rings. The third-order valence-electron chi connectivity index (χ3n) is 7.88. The van der Waals surface area contributed by atoms with Gasteiger partial charge in [-0.05, 0) is 47.9 Å². The molecule has 39 heavy (non-hydrogen) atoms. The van der Waals surface area contributed by atoms with Crippen molar-refractivity contribution in [3.63, 3.8) is 0 Å². The van der Waals surface area contributed by atoms with E-state index in [9.17, 15) is 19.5 Å². The Bertz CT molecular complexity index is 1300. The maximum Gasteiger partial charge on any atom is 0.353 e. The quantitative estimate of drug-likeness (QED) is 0.240. The second-order valence-corrected chi connectivity index (χ2v) is 10.9. The molecule has 1 N–H and O–H groups in total. The van der Waals surface area contributed by atoms with Crippen LogP contribution in [0.25, 0.3) is 11.1 Å². The lowest BCUT2D eigenvalue weighted by Crippen LogP contribution is -2.31. The Hall–Kier alpha value is -3.48. The first kappa shape index (κ1) is 28.5. The zero-order valence-corrected chi connectivity index (χ0v) is 23.1. The summed E-state index contributed by atoms with van der Waals surface area (Å²) < 4.78 is 2.75. The lowest BCUT2D eigenvalue weighted by Gasteiger charge is -2.20. The first-order valence-electron chi connectivity index (χ1n) is 14.6. The van der Waals surface area contributed by atoms with E-state index < -0.39 is 5.97 Å². The fourth-order valence-corrected chi connectivity index (χ4v) is 5.62. The summed E-state index contributed by atoms with van der Waals surface area (Å²) in [6.07, 6.45) is 13.5. The Kier molecular flexibility index (Phi) is 10.3. The predicted octanol–water partition coefficient (Wildman–Crippen LogP) is 6.97. The fourth-order valence-electron chi connectivity index (χ4n) is 5.62. The van der Waals surface area contributed by atoms with Crippen LogP contribution in [0.1, 0.15) is 111 Å². The van der Waals surface area contributed by atoms with Gasteiger partial charge in [0.15, 0.2) is 0 Å². The second-order valence-electron chi connectivity index (χ2n) is 10.9. The van der Waals surface area contributed by atoms with Crippen LogP contribution in [0.15, 0.2) is 53.3 Å². The molecule has 7 nitrogen and oxygen atoms in total. The number of hydrogen-bond donors (Lipinski definition) is 1. The maximum absolute atomic E-state index is 13.4. The molecule has 208 valence electrons. The van der Waals surface area contributed by atoms with Gasteiger partial charge < -0.3 is 5.11 Å². The van der Waals surface area contributed by atoms with Crippen LogP contribution in [0, 0.1) is 5.92 Å². The normalized spacial score (nSPS) is 14.0. The van der Waals surface area contributed by atoms with Gasteiger partial charge >= 0.3 is 11.7 Å². The van der Waals surface area contributed by atoms with Crippen molar-refractivity contribution in [2.75, 3.05) is 0 Å². The number of aromatic nitrogens is 3. The van der Waals surface area contributed by atoms with E-state index in [2.05, 4.69) is 12.0 Å². The number of carboxylic acid groups (broad SMARTS) is 1. The molecule has 7 heteroatoms. The van der Waals surface area contributed by atoms with Crippen LogP contribution >= 0.6 is 0 Å². The molecule has 2 aromatic carbocycles. The molecule has 0 amide bonds. The molecule has 1 aliphatic carbocycles. The van der Waals surface area contributed by atoms with E-state index >= 15 is 0 Å². The van der Waals surface area contributed by atoms with E-state index in [1.54, 1.807) is 22.8 Å². The summed E-state index contributed by atoms with van der Waals surface area (Å²) in [5.74, 6) is -0.166. The van der Waals surface area contributed by atoms with Crippen molar-refractivity contribution in [2.45, 2.75) is 96.9 Å². The Labute approximate surface area is 230 Å². The van der Waals surface area contributed by atoms with E-state index in [0.29, 0.717) is 36.7 Å². The minimum absolute atomic E-state index is 0.199. The maximum atomic E-state index is 13.4. The first-order valence-corrected chi connectivity index (χ1v) is 14.6. The molecular formula is C32H41N3O4. The summed E-state index contributed by atoms with van der Waals surface area (Å²) in [7, 11) is 0. The molecule has 4 rings (SSSR count). The SMILES string of the molecule is CCCCCCCCc1nn(C(=O)CC2CCCCC2)c(=O)n1Cc1ccc(-c2ccccc2C(=O)O)cc1. The lowest BCUT2D eigenvalue weighted by atomic mass is 9.87. The molecule has 0 radical (unpaired) electrons. The van der Waals surface area contributed by atoms with Crippen LogP contribution in [-0.2, 0) is 13.0 Å². The number of hydrogen-bond acceptors (Lipinski definition) is 4. The highest BCUT2D eigenvalue weighted by Crippen LogP contribution is 2.27. The van der Waals surface area contributed by atoms with Crippen molar-refractivity contribution in [1.29, 1.82) is 0 Å². The van der Waals surface area contributed by atoms with Crippen molar-refractivity contribution >= 4 is 11.9 Å². The van der Waals surface area contributed by atoms with Gasteiger partial charge in [0, 0.05) is 12.8 Å². The summed E-state index contributed by atoms with van der Waals surface area (Å²) in [5.41, 5.74) is 2.24. The molecule has 1 saturated carbocycles. The van der Waals surface area contributed by atoms with Gasteiger partial charge in [-0.2, -0.15) is 0 Å².